The lowest BCUT2D eigenvalue weighted by Crippen LogP contribution is -2.24. The smallest absolute Gasteiger partial charge is 0.227 e. The Hall–Kier alpha value is -1.91. The minimum Gasteiger partial charge on any atom is -0.326 e. The third-order valence-electron chi connectivity index (χ3n) is 3.77. The zero-order valence-electron chi connectivity index (χ0n) is 14.0. The first-order valence-electron chi connectivity index (χ1n) is 7.94. The predicted molar refractivity (Wildman–Crippen MR) is 99.0 cm³/mol. The molecule has 130 valence electrons. The summed E-state index contributed by atoms with van der Waals surface area (Å²) in [6.45, 7) is 5.42. The van der Waals surface area contributed by atoms with Crippen LogP contribution in [0.4, 0.5) is 10.1 Å². The van der Waals surface area contributed by atoms with E-state index < -0.39 is 0 Å². The molecular weight excluding hydrogens is 327 g/mol. The summed E-state index contributed by atoms with van der Waals surface area (Å²) in [5, 5.41) is 6.21. The van der Waals surface area contributed by atoms with Crippen molar-refractivity contribution in [2.24, 2.45) is 5.92 Å². The summed E-state index contributed by atoms with van der Waals surface area (Å²) in [7, 11) is 0. The molecule has 0 saturated heterocycles. The van der Waals surface area contributed by atoms with Crippen LogP contribution in [0.2, 0.25) is 0 Å². The summed E-state index contributed by atoms with van der Waals surface area (Å²) in [6.07, 6.45) is 0.383. The maximum atomic E-state index is 13.7. The fourth-order valence-corrected chi connectivity index (χ4v) is 2.40. The van der Waals surface area contributed by atoms with Crippen molar-refractivity contribution in [3.8, 4) is 0 Å². The number of hydrogen-bond donors (Lipinski definition) is 2. The van der Waals surface area contributed by atoms with E-state index in [1.165, 1.54) is 6.07 Å². The first kappa shape index (κ1) is 20.1. The van der Waals surface area contributed by atoms with Crippen LogP contribution >= 0.6 is 12.4 Å². The SMILES string of the molecule is CCNCc1ccccc1NC(=O)C(C)Cc1ccccc1F.Cl. The second-order valence-electron chi connectivity index (χ2n) is 5.62. The zero-order valence-corrected chi connectivity index (χ0v) is 14.8. The number of halogens is 2. The van der Waals surface area contributed by atoms with E-state index in [1.807, 2.05) is 38.1 Å². The molecule has 3 nitrogen and oxygen atoms in total. The first-order chi connectivity index (χ1) is 11.1. The number of para-hydroxylation sites is 1. The maximum absolute atomic E-state index is 13.7. The van der Waals surface area contributed by atoms with Crippen molar-refractivity contribution in [2.75, 3.05) is 11.9 Å². The minimum absolute atomic E-state index is 0. The van der Waals surface area contributed by atoms with Crippen LogP contribution in [-0.2, 0) is 17.8 Å². The van der Waals surface area contributed by atoms with Crippen LogP contribution in [0.5, 0.6) is 0 Å². The Morgan fingerprint density at radius 1 is 1.08 bits per heavy atom. The van der Waals surface area contributed by atoms with Crippen LogP contribution in [-0.4, -0.2) is 12.5 Å². The van der Waals surface area contributed by atoms with Crippen LogP contribution in [0, 0.1) is 11.7 Å². The van der Waals surface area contributed by atoms with Crippen LogP contribution in [0.1, 0.15) is 25.0 Å². The molecule has 0 heterocycles. The number of amides is 1. The van der Waals surface area contributed by atoms with Gasteiger partial charge < -0.3 is 10.6 Å². The molecule has 0 bridgehead atoms. The number of rotatable bonds is 7. The molecule has 1 unspecified atom stereocenters. The topological polar surface area (TPSA) is 41.1 Å². The van der Waals surface area contributed by atoms with E-state index in [9.17, 15) is 9.18 Å². The van der Waals surface area contributed by atoms with Crippen LogP contribution in [0.25, 0.3) is 0 Å². The first-order valence-corrected chi connectivity index (χ1v) is 7.94. The molecule has 1 amide bonds. The molecule has 2 aromatic carbocycles. The second-order valence-corrected chi connectivity index (χ2v) is 5.62. The third-order valence-corrected chi connectivity index (χ3v) is 3.77. The van der Waals surface area contributed by atoms with E-state index in [0.717, 1.165) is 17.8 Å². The van der Waals surface area contributed by atoms with E-state index in [2.05, 4.69) is 10.6 Å². The van der Waals surface area contributed by atoms with Crippen molar-refractivity contribution in [3.63, 3.8) is 0 Å². The number of hydrogen-bond acceptors (Lipinski definition) is 2. The molecule has 2 aromatic rings. The molecule has 0 aliphatic rings. The fourth-order valence-electron chi connectivity index (χ4n) is 2.40. The lowest BCUT2D eigenvalue weighted by Gasteiger charge is -2.15. The highest BCUT2D eigenvalue weighted by molar-refractivity contribution is 5.93. The predicted octanol–water partition coefficient (Wildman–Crippen LogP) is 4.17. The summed E-state index contributed by atoms with van der Waals surface area (Å²) in [5.41, 5.74) is 2.41. The Bertz CT molecular complexity index is 663. The second kappa shape index (κ2) is 10.1. The van der Waals surface area contributed by atoms with Gasteiger partial charge in [-0.25, -0.2) is 4.39 Å². The maximum Gasteiger partial charge on any atom is 0.227 e. The summed E-state index contributed by atoms with van der Waals surface area (Å²) in [6, 6.07) is 14.3. The van der Waals surface area contributed by atoms with Gasteiger partial charge in [-0.15, -0.1) is 12.4 Å². The Kier molecular flexibility index (Phi) is 8.44. The van der Waals surface area contributed by atoms with Gasteiger partial charge in [0.05, 0.1) is 0 Å². The quantitative estimate of drug-likeness (QED) is 0.786. The largest absolute Gasteiger partial charge is 0.326 e. The van der Waals surface area contributed by atoms with Gasteiger partial charge in [0.1, 0.15) is 5.82 Å². The molecule has 0 aliphatic heterocycles. The average Bonchev–Trinajstić information content (AvgIpc) is 2.56. The minimum atomic E-state index is -0.306. The lowest BCUT2D eigenvalue weighted by atomic mass is 9.99. The molecule has 0 radical (unpaired) electrons. The van der Waals surface area contributed by atoms with Crippen molar-refractivity contribution >= 4 is 24.0 Å². The van der Waals surface area contributed by atoms with E-state index in [-0.39, 0.29) is 30.0 Å². The molecule has 0 saturated carbocycles. The van der Waals surface area contributed by atoms with Gasteiger partial charge in [-0.1, -0.05) is 50.2 Å². The summed E-state index contributed by atoms with van der Waals surface area (Å²) in [5.74, 6) is -0.670. The van der Waals surface area contributed by atoms with Gasteiger partial charge in [-0.05, 0) is 36.2 Å². The summed E-state index contributed by atoms with van der Waals surface area (Å²) >= 11 is 0. The molecule has 0 fully saturated rings. The summed E-state index contributed by atoms with van der Waals surface area (Å²) < 4.78 is 13.7. The van der Waals surface area contributed by atoms with Gasteiger partial charge in [-0.2, -0.15) is 0 Å². The van der Waals surface area contributed by atoms with Crippen LogP contribution < -0.4 is 10.6 Å². The average molecular weight is 351 g/mol. The van der Waals surface area contributed by atoms with Gasteiger partial charge in [0.25, 0.3) is 0 Å². The molecule has 24 heavy (non-hydrogen) atoms. The highest BCUT2D eigenvalue weighted by atomic mass is 35.5. The monoisotopic (exact) mass is 350 g/mol. The third kappa shape index (κ3) is 5.62. The van der Waals surface area contributed by atoms with Gasteiger partial charge in [0.15, 0.2) is 0 Å². The van der Waals surface area contributed by atoms with Gasteiger partial charge >= 0.3 is 0 Å². The molecule has 2 N–H and O–H groups in total. The Labute approximate surface area is 149 Å². The number of carbonyl (C=O) groups is 1. The Morgan fingerprint density at radius 3 is 2.38 bits per heavy atom. The molecule has 5 heteroatoms. The van der Waals surface area contributed by atoms with Crippen LogP contribution in [0.3, 0.4) is 0 Å². The highest BCUT2D eigenvalue weighted by Gasteiger charge is 2.16. The van der Waals surface area contributed by atoms with Crippen molar-refractivity contribution in [3.05, 3.63) is 65.5 Å². The van der Waals surface area contributed by atoms with Crippen molar-refractivity contribution in [2.45, 2.75) is 26.8 Å². The van der Waals surface area contributed by atoms with E-state index in [1.54, 1.807) is 18.2 Å². The van der Waals surface area contributed by atoms with E-state index in [0.29, 0.717) is 18.5 Å². The van der Waals surface area contributed by atoms with Crippen molar-refractivity contribution in [1.29, 1.82) is 0 Å². The molecular formula is C19H24ClFN2O. The fraction of sp³-hybridized carbons (Fsp3) is 0.316. The standard InChI is InChI=1S/C19H23FN2O.ClH/c1-3-21-13-16-9-5-7-11-18(16)22-19(23)14(2)12-15-8-4-6-10-17(15)20;/h4-11,14,21H,3,12-13H2,1-2H3,(H,22,23);1H. The van der Waals surface area contributed by atoms with Gasteiger partial charge in [0, 0.05) is 18.2 Å². The Morgan fingerprint density at radius 2 is 1.71 bits per heavy atom. The summed E-state index contributed by atoms with van der Waals surface area (Å²) in [4.78, 5) is 12.4. The number of nitrogens with one attached hydrogen (secondary N) is 2. The zero-order chi connectivity index (χ0) is 16.7. The molecule has 0 spiro atoms. The molecule has 0 aromatic heterocycles. The number of carbonyl (C=O) groups excluding carboxylic acids is 1. The van der Waals surface area contributed by atoms with Crippen molar-refractivity contribution < 1.29 is 9.18 Å². The van der Waals surface area contributed by atoms with Gasteiger partial charge in [0.2, 0.25) is 5.91 Å². The van der Waals surface area contributed by atoms with Gasteiger partial charge in [-0.3, -0.25) is 4.79 Å². The lowest BCUT2D eigenvalue weighted by molar-refractivity contribution is -0.119. The van der Waals surface area contributed by atoms with E-state index >= 15 is 0 Å². The number of anilines is 1. The van der Waals surface area contributed by atoms with E-state index in [4.69, 9.17) is 0 Å². The normalized spacial score (nSPS) is 11.5. The highest BCUT2D eigenvalue weighted by Crippen LogP contribution is 2.18. The Balaban J connectivity index is 0.00000288. The molecule has 1 atom stereocenters. The van der Waals surface area contributed by atoms with Crippen LogP contribution in [0.15, 0.2) is 48.5 Å². The van der Waals surface area contributed by atoms with Crippen molar-refractivity contribution in [1.82, 2.24) is 5.32 Å². The number of benzene rings is 2. The molecule has 2 rings (SSSR count). The molecule has 0 aliphatic carbocycles.